The van der Waals surface area contributed by atoms with E-state index in [1.54, 1.807) is 0 Å². The van der Waals surface area contributed by atoms with Gasteiger partial charge in [0.15, 0.2) is 0 Å². The van der Waals surface area contributed by atoms with Crippen LogP contribution < -0.4 is 5.32 Å². The SMILES string of the molecule is CCCCCCCCCCCCCCCCCCCCOC(=O)CC[C@H](NC(=O)CCCCCCCCCCC)C(=O)OCCCCCCCCCCCCCCCCCCCC. The third kappa shape index (κ3) is 49.7. The summed E-state index contributed by atoms with van der Waals surface area (Å²) in [7, 11) is 0. The number of ether oxygens (including phenoxy) is 2. The van der Waals surface area contributed by atoms with E-state index in [-0.39, 0.29) is 24.7 Å². The Morgan fingerprint density at radius 3 is 0.873 bits per heavy atom. The maximum atomic E-state index is 13.1. The fourth-order valence-electron chi connectivity index (χ4n) is 8.91. The molecular weight excluding hydrogens is 779 g/mol. The second-order valence-electron chi connectivity index (χ2n) is 19.6. The Labute approximate surface area is 393 Å². The first-order valence-corrected chi connectivity index (χ1v) is 28.7. The van der Waals surface area contributed by atoms with E-state index in [1.165, 1.54) is 244 Å². The predicted molar refractivity (Wildman–Crippen MR) is 272 cm³/mol. The maximum Gasteiger partial charge on any atom is 0.328 e. The van der Waals surface area contributed by atoms with Gasteiger partial charge in [-0.05, 0) is 25.7 Å². The first kappa shape index (κ1) is 61.4. The molecule has 0 spiro atoms. The summed E-state index contributed by atoms with van der Waals surface area (Å²) in [5.41, 5.74) is 0. The largest absolute Gasteiger partial charge is 0.466 e. The fourth-order valence-corrected chi connectivity index (χ4v) is 8.91. The van der Waals surface area contributed by atoms with E-state index in [0.29, 0.717) is 19.6 Å². The summed E-state index contributed by atoms with van der Waals surface area (Å²) in [6.07, 6.45) is 59.1. The van der Waals surface area contributed by atoms with Crippen LogP contribution in [0.1, 0.15) is 329 Å². The molecule has 1 atom stereocenters. The van der Waals surface area contributed by atoms with E-state index in [9.17, 15) is 14.4 Å². The van der Waals surface area contributed by atoms with Gasteiger partial charge in [-0.25, -0.2) is 4.79 Å². The van der Waals surface area contributed by atoms with Crippen molar-refractivity contribution >= 4 is 17.8 Å². The Hall–Kier alpha value is -1.59. The van der Waals surface area contributed by atoms with Crippen molar-refractivity contribution in [1.29, 1.82) is 0 Å². The van der Waals surface area contributed by atoms with Crippen LogP contribution in [0.5, 0.6) is 0 Å². The van der Waals surface area contributed by atoms with Crippen molar-refractivity contribution in [2.24, 2.45) is 0 Å². The van der Waals surface area contributed by atoms with Gasteiger partial charge in [-0.2, -0.15) is 0 Å². The number of esters is 2. The molecule has 63 heavy (non-hydrogen) atoms. The molecule has 0 rings (SSSR count). The van der Waals surface area contributed by atoms with Crippen LogP contribution in [0.3, 0.4) is 0 Å². The highest BCUT2D eigenvalue weighted by Gasteiger charge is 2.23. The van der Waals surface area contributed by atoms with Gasteiger partial charge in [-0.1, -0.05) is 290 Å². The van der Waals surface area contributed by atoms with Crippen LogP contribution in [-0.2, 0) is 23.9 Å². The van der Waals surface area contributed by atoms with Crippen LogP contribution in [0.25, 0.3) is 0 Å². The van der Waals surface area contributed by atoms with E-state index in [2.05, 4.69) is 26.1 Å². The second kappa shape index (κ2) is 53.0. The van der Waals surface area contributed by atoms with Crippen molar-refractivity contribution in [3.63, 3.8) is 0 Å². The van der Waals surface area contributed by atoms with Gasteiger partial charge in [-0.15, -0.1) is 0 Å². The fraction of sp³-hybridized carbons (Fsp3) is 0.947. The minimum atomic E-state index is -0.802. The zero-order chi connectivity index (χ0) is 45.8. The van der Waals surface area contributed by atoms with Crippen molar-refractivity contribution in [3.05, 3.63) is 0 Å². The van der Waals surface area contributed by atoms with E-state index >= 15 is 0 Å². The highest BCUT2D eigenvalue weighted by atomic mass is 16.5. The number of hydrogen-bond donors (Lipinski definition) is 1. The average Bonchev–Trinajstić information content (AvgIpc) is 3.28. The number of carbonyl (C=O) groups is 3. The summed E-state index contributed by atoms with van der Waals surface area (Å²) < 4.78 is 11.2. The molecule has 0 saturated heterocycles. The van der Waals surface area contributed by atoms with Crippen LogP contribution in [-0.4, -0.2) is 37.1 Å². The van der Waals surface area contributed by atoms with Crippen molar-refractivity contribution in [2.45, 2.75) is 335 Å². The molecular formula is C57H111NO5. The smallest absolute Gasteiger partial charge is 0.328 e. The lowest BCUT2D eigenvalue weighted by Crippen LogP contribution is -2.42. The molecule has 6 heteroatoms. The van der Waals surface area contributed by atoms with Crippen LogP contribution in [0.4, 0.5) is 0 Å². The number of unbranched alkanes of at least 4 members (excludes halogenated alkanes) is 42. The third-order valence-corrected chi connectivity index (χ3v) is 13.3. The van der Waals surface area contributed by atoms with Crippen molar-refractivity contribution in [1.82, 2.24) is 5.32 Å². The normalized spacial score (nSPS) is 11.9. The van der Waals surface area contributed by atoms with E-state index in [0.717, 1.165) is 44.9 Å². The summed E-state index contributed by atoms with van der Waals surface area (Å²) in [5, 5.41) is 2.92. The van der Waals surface area contributed by atoms with Gasteiger partial charge in [-0.3, -0.25) is 9.59 Å². The van der Waals surface area contributed by atoms with Gasteiger partial charge in [0, 0.05) is 12.8 Å². The van der Waals surface area contributed by atoms with E-state index in [1.807, 2.05) is 0 Å². The molecule has 0 aliphatic carbocycles. The monoisotopic (exact) mass is 890 g/mol. The number of carbonyl (C=O) groups excluding carboxylic acids is 3. The number of hydrogen-bond acceptors (Lipinski definition) is 5. The molecule has 0 aliphatic rings. The molecule has 0 aliphatic heterocycles. The molecule has 0 aromatic carbocycles. The van der Waals surface area contributed by atoms with Crippen molar-refractivity contribution in [3.8, 4) is 0 Å². The molecule has 0 radical (unpaired) electrons. The molecule has 1 N–H and O–H groups in total. The van der Waals surface area contributed by atoms with Gasteiger partial charge in [0.2, 0.25) is 5.91 Å². The predicted octanol–water partition coefficient (Wildman–Crippen LogP) is 18.3. The van der Waals surface area contributed by atoms with Gasteiger partial charge >= 0.3 is 11.9 Å². The van der Waals surface area contributed by atoms with Crippen molar-refractivity contribution < 1.29 is 23.9 Å². The zero-order valence-corrected chi connectivity index (χ0v) is 43.0. The molecule has 0 saturated carbocycles. The highest BCUT2D eigenvalue weighted by molar-refractivity contribution is 5.85. The lowest BCUT2D eigenvalue weighted by molar-refractivity contribution is -0.149. The summed E-state index contributed by atoms with van der Waals surface area (Å²) in [4.78, 5) is 38.7. The lowest BCUT2D eigenvalue weighted by Gasteiger charge is -2.18. The van der Waals surface area contributed by atoms with Crippen LogP contribution in [0, 0.1) is 0 Å². The Balaban J connectivity index is 4.18. The second-order valence-corrected chi connectivity index (χ2v) is 19.6. The number of nitrogens with one attached hydrogen (secondary N) is 1. The number of amides is 1. The van der Waals surface area contributed by atoms with Gasteiger partial charge < -0.3 is 14.8 Å². The quantitative estimate of drug-likeness (QED) is 0.0486. The Morgan fingerprint density at radius 2 is 0.571 bits per heavy atom. The highest BCUT2D eigenvalue weighted by Crippen LogP contribution is 2.17. The molecule has 1 amide bonds. The summed E-state index contributed by atoms with van der Waals surface area (Å²) in [6.45, 7) is 7.61. The zero-order valence-electron chi connectivity index (χ0n) is 43.0. The standard InChI is InChI=1S/C57H111NO5/c1-4-7-10-13-16-19-21-23-25-27-29-31-33-35-38-41-44-47-52-62-56(60)51-50-54(58-55(59)49-46-43-40-37-18-15-12-9-6-3)57(61)63-53-48-45-42-39-36-34-32-30-28-26-24-22-20-17-14-11-8-5-2/h54H,4-53H2,1-3H3,(H,58,59)/t54-/m0/s1. The summed E-state index contributed by atoms with van der Waals surface area (Å²) >= 11 is 0. The Morgan fingerprint density at radius 1 is 0.317 bits per heavy atom. The van der Waals surface area contributed by atoms with Gasteiger partial charge in [0.1, 0.15) is 6.04 Å². The molecule has 0 heterocycles. The lowest BCUT2D eigenvalue weighted by atomic mass is 10.0. The minimum Gasteiger partial charge on any atom is -0.466 e. The molecule has 0 aromatic rings. The molecule has 0 fully saturated rings. The Bertz CT molecular complexity index is 939. The molecule has 0 unspecified atom stereocenters. The topological polar surface area (TPSA) is 81.7 Å². The van der Waals surface area contributed by atoms with Crippen molar-refractivity contribution in [2.75, 3.05) is 13.2 Å². The van der Waals surface area contributed by atoms with Crippen LogP contribution in [0.2, 0.25) is 0 Å². The van der Waals surface area contributed by atoms with E-state index < -0.39 is 12.0 Å². The minimum absolute atomic E-state index is 0.107. The molecule has 0 bridgehead atoms. The van der Waals surface area contributed by atoms with Crippen LogP contribution in [0.15, 0.2) is 0 Å². The van der Waals surface area contributed by atoms with Crippen LogP contribution >= 0.6 is 0 Å². The van der Waals surface area contributed by atoms with Gasteiger partial charge in [0.25, 0.3) is 0 Å². The maximum absolute atomic E-state index is 13.1. The van der Waals surface area contributed by atoms with E-state index in [4.69, 9.17) is 9.47 Å². The molecule has 0 aromatic heterocycles. The summed E-state index contributed by atoms with van der Waals surface area (Å²) in [6, 6.07) is -0.802. The first-order valence-electron chi connectivity index (χ1n) is 28.7. The summed E-state index contributed by atoms with van der Waals surface area (Å²) in [5.74, 6) is -0.838. The molecule has 374 valence electrons. The number of rotatable bonds is 53. The first-order chi connectivity index (χ1) is 31.0. The van der Waals surface area contributed by atoms with Gasteiger partial charge in [0.05, 0.1) is 13.2 Å². The third-order valence-electron chi connectivity index (χ3n) is 13.3. The molecule has 6 nitrogen and oxygen atoms in total. The Kier molecular flexibility index (Phi) is 51.7. The average molecular weight is 891 g/mol.